The van der Waals surface area contributed by atoms with E-state index in [9.17, 15) is 14.4 Å². The second-order valence-corrected chi connectivity index (χ2v) is 7.62. The third kappa shape index (κ3) is 4.62. The number of imide groups is 1. The van der Waals surface area contributed by atoms with E-state index in [1.165, 1.54) is 0 Å². The zero-order chi connectivity index (χ0) is 32.5. The summed E-state index contributed by atoms with van der Waals surface area (Å²) in [5.41, 5.74) is -0.653. The molecule has 33 heavy (non-hydrogen) atoms. The fraction of sp³-hybridized carbons (Fsp3) is 0.400. The SMILES string of the molecule is [2H]c1c([2H])c(OCc2c([2H])c([2H])c(CN3CCOCC3)c([2H])c2[2H])c2c(c1[2H])C(=O)N([C@H]1C(=O)NC(=O)C([2H])([2H])C1([2H])[2H])C2. The molecule has 1 N–H and O–H groups in total. The molecule has 2 aromatic carbocycles. The van der Waals surface area contributed by atoms with E-state index in [-0.39, 0.29) is 35.3 Å². The van der Waals surface area contributed by atoms with Crippen LogP contribution >= 0.6 is 0 Å². The van der Waals surface area contributed by atoms with Gasteiger partial charge in [-0.1, -0.05) is 30.2 Å². The number of carbonyl (C=O) groups excluding carboxylic acids is 3. The van der Waals surface area contributed by atoms with Crippen LogP contribution in [0.25, 0.3) is 0 Å². The maximum absolute atomic E-state index is 13.5. The quantitative estimate of drug-likeness (QED) is 0.662. The summed E-state index contributed by atoms with van der Waals surface area (Å²) < 4.78 is 102. The molecule has 0 aromatic heterocycles. The van der Waals surface area contributed by atoms with E-state index in [4.69, 9.17) is 24.6 Å². The van der Waals surface area contributed by atoms with Gasteiger partial charge in [-0.25, -0.2) is 0 Å². The van der Waals surface area contributed by atoms with Gasteiger partial charge in [-0.05, 0) is 29.6 Å². The Hall–Kier alpha value is -3.23. The van der Waals surface area contributed by atoms with Crippen molar-refractivity contribution in [3.8, 4) is 5.75 Å². The normalized spacial score (nSPS) is 29.0. The largest absolute Gasteiger partial charge is 0.489 e. The molecule has 3 heterocycles. The number of nitrogens with one attached hydrogen (secondary N) is 1. The molecule has 0 aliphatic carbocycles. The van der Waals surface area contributed by atoms with Gasteiger partial charge in [0.1, 0.15) is 18.4 Å². The average molecular weight is 461 g/mol. The minimum atomic E-state index is -3.21. The average Bonchev–Trinajstić information content (AvgIpc) is 3.30. The molecule has 2 fully saturated rings. The molecule has 172 valence electrons. The molecular formula is C25H27N3O5. The van der Waals surface area contributed by atoms with E-state index in [1.54, 1.807) is 5.32 Å². The van der Waals surface area contributed by atoms with Crippen LogP contribution in [0, 0.1) is 0 Å². The van der Waals surface area contributed by atoms with Gasteiger partial charge in [-0.2, -0.15) is 0 Å². The molecule has 0 bridgehead atoms. The monoisotopic (exact) mass is 460 g/mol. The van der Waals surface area contributed by atoms with Crippen LogP contribution in [-0.4, -0.2) is 59.9 Å². The predicted molar refractivity (Wildman–Crippen MR) is 119 cm³/mol. The van der Waals surface area contributed by atoms with Crippen molar-refractivity contribution in [1.29, 1.82) is 0 Å². The van der Waals surface area contributed by atoms with Gasteiger partial charge in [0.25, 0.3) is 5.91 Å². The van der Waals surface area contributed by atoms with Gasteiger partial charge in [0.15, 0.2) is 0 Å². The van der Waals surface area contributed by atoms with Gasteiger partial charge in [-0.3, -0.25) is 24.6 Å². The molecule has 3 aliphatic rings. The zero-order valence-corrected chi connectivity index (χ0v) is 17.5. The molecular weight excluding hydrogens is 422 g/mol. The summed E-state index contributed by atoms with van der Waals surface area (Å²) in [6, 6.07) is -5.61. The van der Waals surface area contributed by atoms with Gasteiger partial charge in [0, 0.05) is 42.6 Å². The third-order valence-corrected chi connectivity index (χ3v) is 5.44. The lowest BCUT2D eigenvalue weighted by molar-refractivity contribution is -0.136. The van der Waals surface area contributed by atoms with Crippen LogP contribution in [0.2, 0.25) is 0 Å². The number of morpholine rings is 1. The summed E-state index contributed by atoms with van der Waals surface area (Å²) in [5.74, 6) is -4.35. The van der Waals surface area contributed by atoms with E-state index in [1.807, 2.05) is 4.90 Å². The van der Waals surface area contributed by atoms with Crippen molar-refractivity contribution in [2.45, 2.75) is 38.5 Å². The minimum absolute atomic E-state index is 0.168. The molecule has 0 radical (unpaired) electrons. The number of fused-ring (bicyclic) bond motifs is 1. The van der Waals surface area contributed by atoms with E-state index < -0.39 is 91.2 Å². The zero-order valence-electron chi connectivity index (χ0n) is 28.5. The first-order chi connectivity index (χ1) is 20.5. The van der Waals surface area contributed by atoms with Crippen LogP contribution in [0.1, 0.15) is 54.9 Å². The Morgan fingerprint density at radius 1 is 1.09 bits per heavy atom. The van der Waals surface area contributed by atoms with E-state index in [0.29, 0.717) is 31.2 Å². The number of hydrogen-bond donors (Lipinski definition) is 1. The van der Waals surface area contributed by atoms with Crippen LogP contribution in [0.5, 0.6) is 5.75 Å². The van der Waals surface area contributed by atoms with Crippen molar-refractivity contribution in [2.75, 3.05) is 26.3 Å². The number of ether oxygens (including phenoxy) is 2. The number of amides is 3. The second-order valence-electron chi connectivity index (χ2n) is 7.62. The maximum Gasteiger partial charge on any atom is 0.255 e. The molecule has 2 saturated heterocycles. The Morgan fingerprint density at radius 3 is 2.64 bits per heavy atom. The molecule has 0 spiro atoms. The van der Waals surface area contributed by atoms with Crippen molar-refractivity contribution < 1.29 is 38.9 Å². The Labute approximate surface area is 207 Å². The van der Waals surface area contributed by atoms with Crippen molar-refractivity contribution in [3.05, 3.63) is 64.6 Å². The lowest BCUT2D eigenvalue weighted by Crippen LogP contribution is -2.52. The van der Waals surface area contributed by atoms with Crippen LogP contribution in [0.4, 0.5) is 0 Å². The Bertz CT molecular complexity index is 1570. The van der Waals surface area contributed by atoms with Gasteiger partial charge < -0.3 is 14.4 Å². The first kappa shape index (κ1) is 12.3. The minimum Gasteiger partial charge on any atom is -0.489 e. The van der Waals surface area contributed by atoms with Crippen molar-refractivity contribution in [2.24, 2.45) is 0 Å². The highest BCUT2D eigenvalue weighted by molar-refractivity contribution is 6.05. The second kappa shape index (κ2) is 9.33. The Balaban J connectivity index is 1.49. The highest BCUT2D eigenvalue weighted by Crippen LogP contribution is 2.34. The highest BCUT2D eigenvalue weighted by atomic mass is 16.5. The summed E-state index contributed by atoms with van der Waals surface area (Å²) in [6.45, 7) is 0.971. The van der Waals surface area contributed by atoms with Gasteiger partial charge in [0.05, 0.1) is 29.4 Å². The Kier molecular flexibility index (Phi) is 3.48. The van der Waals surface area contributed by atoms with Gasteiger partial charge in [0.2, 0.25) is 11.8 Å². The molecule has 8 nitrogen and oxygen atoms in total. The smallest absolute Gasteiger partial charge is 0.255 e. The summed E-state index contributed by atoms with van der Waals surface area (Å²) >= 11 is 0. The Morgan fingerprint density at radius 2 is 1.85 bits per heavy atom. The maximum atomic E-state index is 13.5. The van der Waals surface area contributed by atoms with Crippen molar-refractivity contribution in [3.63, 3.8) is 0 Å². The van der Waals surface area contributed by atoms with E-state index >= 15 is 0 Å². The standard InChI is InChI=1S/C25H27N3O5/c29-23-9-8-21(24(30)26-23)28-15-20-19(25(28)31)2-1-3-22(20)33-16-18-6-4-17(5-7-18)14-27-10-12-32-13-11-27/h1-7,21H,8-16H2,(H,26,29,30)/t21-/m1/s1/i1D,2D,3D,4D,5D,6D,7D,8D2,9D2. The first-order valence-electron chi connectivity index (χ1n) is 15.8. The van der Waals surface area contributed by atoms with Gasteiger partial charge >= 0.3 is 0 Å². The third-order valence-electron chi connectivity index (χ3n) is 5.44. The number of piperidine rings is 1. The molecule has 2 aromatic rings. The first-order valence-corrected chi connectivity index (χ1v) is 10.3. The molecule has 3 aliphatic heterocycles. The highest BCUT2D eigenvalue weighted by Gasteiger charge is 2.40. The van der Waals surface area contributed by atoms with Gasteiger partial charge in [-0.15, -0.1) is 0 Å². The fourth-order valence-corrected chi connectivity index (χ4v) is 3.74. The van der Waals surface area contributed by atoms with E-state index in [0.717, 1.165) is 0 Å². The van der Waals surface area contributed by atoms with Crippen LogP contribution in [0.15, 0.2) is 42.3 Å². The van der Waals surface area contributed by atoms with E-state index in [2.05, 4.69) is 0 Å². The summed E-state index contributed by atoms with van der Waals surface area (Å²) in [4.78, 5) is 40.8. The topological polar surface area (TPSA) is 88.2 Å². The number of nitrogens with zero attached hydrogens (tertiary/aromatic N) is 2. The summed E-state index contributed by atoms with van der Waals surface area (Å²) in [5, 5.41) is 1.73. The number of carbonyl (C=O) groups is 3. The van der Waals surface area contributed by atoms with Crippen molar-refractivity contribution in [1.82, 2.24) is 15.1 Å². The lowest BCUT2D eigenvalue weighted by atomic mass is 10.0. The lowest BCUT2D eigenvalue weighted by Gasteiger charge is -2.29. The summed E-state index contributed by atoms with van der Waals surface area (Å²) in [7, 11) is 0. The van der Waals surface area contributed by atoms with Crippen molar-refractivity contribution >= 4 is 17.7 Å². The number of benzene rings is 2. The number of rotatable bonds is 6. The predicted octanol–water partition coefficient (Wildman–Crippen LogP) is 1.86. The molecule has 0 unspecified atom stereocenters. The number of hydrogen-bond acceptors (Lipinski definition) is 6. The molecule has 3 amide bonds. The summed E-state index contributed by atoms with van der Waals surface area (Å²) in [6.07, 6.45) is -6.41. The van der Waals surface area contributed by atoms with Crippen LogP contribution in [-0.2, 0) is 34.0 Å². The molecule has 8 heteroatoms. The molecule has 1 atom stereocenters. The van der Waals surface area contributed by atoms with Crippen LogP contribution < -0.4 is 10.1 Å². The van der Waals surface area contributed by atoms with Crippen LogP contribution in [0.3, 0.4) is 0 Å². The fourth-order valence-electron chi connectivity index (χ4n) is 3.74. The molecule has 5 rings (SSSR count). The molecule has 0 saturated carbocycles.